The Morgan fingerprint density at radius 1 is 0.765 bits per heavy atom. The van der Waals surface area contributed by atoms with Crippen LogP contribution in [0, 0.1) is 0 Å². The molecule has 0 saturated heterocycles. The molecule has 0 amide bonds. The van der Waals surface area contributed by atoms with Gasteiger partial charge >= 0.3 is 0 Å². The molecule has 0 heterocycles. The first-order valence-corrected chi connectivity index (χ1v) is 7.20. The highest BCUT2D eigenvalue weighted by Crippen LogP contribution is 2.01. The summed E-state index contributed by atoms with van der Waals surface area (Å²) in [7, 11) is 6.53. The molecule has 0 aliphatic carbocycles. The highest BCUT2D eigenvalue weighted by molar-refractivity contribution is 4.55. The van der Waals surface area contributed by atoms with Gasteiger partial charge in [-0.1, -0.05) is 19.8 Å². The van der Waals surface area contributed by atoms with Crippen molar-refractivity contribution in [3.63, 3.8) is 0 Å². The lowest BCUT2D eigenvalue weighted by atomic mass is 10.2. The second-order valence-corrected chi connectivity index (χ2v) is 5.23. The Labute approximate surface area is 109 Å². The summed E-state index contributed by atoms with van der Waals surface area (Å²) in [6.07, 6.45) is 6.72. The third-order valence-corrected chi connectivity index (χ3v) is 3.04. The normalized spacial score (nSPS) is 11.6. The van der Waals surface area contributed by atoms with E-state index in [0.717, 1.165) is 6.54 Å². The van der Waals surface area contributed by atoms with Crippen LogP contribution in [0.1, 0.15) is 39.0 Å². The maximum atomic E-state index is 3.37. The van der Waals surface area contributed by atoms with Gasteiger partial charge < -0.3 is 15.1 Å². The minimum Gasteiger partial charge on any atom is -0.317 e. The monoisotopic (exact) mass is 243 g/mol. The van der Waals surface area contributed by atoms with E-state index in [-0.39, 0.29) is 0 Å². The molecule has 0 atom stereocenters. The van der Waals surface area contributed by atoms with E-state index in [2.05, 4.69) is 43.2 Å². The van der Waals surface area contributed by atoms with Crippen LogP contribution in [-0.2, 0) is 0 Å². The third-order valence-electron chi connectivity index (χ3n) is 3.04. The fraction of sp³-hybridized carbons (Fsp3) is 1.00. The molecule has 17 heavy (non-hydrogen) atoms. The van der Waals surface area contributed by atoms with Crippen LogP contribution in [0.4, 0.5) is 0 Å². The maximum absolute atomic E-state index is 3.37. The fourth-order valence-electron chi connectivity index (χ4n) is 1.93. The standard InChI is InChI=1S/C14H33N3/c1-5-15-11-8-6-7-9-13-17(4)14-10-12-16(2)3/h15H,5-14H2,1-4H3. The summed E-state index contributed by atoms with van der Waals surface area (Å²) in [5.41, 5.74) is 0. The van der Waals surface area contributed by atoms with Crippen molar-refractivity contribution in [2.24, 2.45) is 0 Å². The van der Waals surface area contributed by atoms with Crippen molar-refractivity contribution in [1.82, 2.24) is 15.1 Å². The van der Waals surface area contributed by atoms with Crippen LogP contribution in [0.25, 0.3) is 0 Å². The molecule has 0 rings (SSSR count). The number of nitrogens with one attached hydrogen (secondary N) is 1. The Morgan fingerprint density at radius 2 is 1.41 bits per heavy atom. The first-order chi connectivity index (χ1) is 8.16. The van der Waals surface area contributed by atoms with Crippen LogP contribution in [0.2, 0.25) is 0 Å². The van der Waals surface area contributed by atoms with Gasteiger partial charge in [-0.25, -0.2) is 0 Å². The summed E-state index contributed by atoms with van der Waals surface area (Å²) in [4.78, 5) is 4.72. The van der Waals surface area contributed by atoms with Crippen molar-refractivity contribution >= 4 is 0 Å². The van der Waals surface area contributed by atoms with Gasteiger partial charge in [0.25, 0.3) is 0 Å². The molecule has 0 aliphatic heterocycles. The molecule has 0 aromatic heterocycles. The summed E-state index contributed by atoms with van der Waals surface area (Å²) in [5, 5.41) is 3.37. The lowest BCUT2D eigenvalue weighted by molar-refractivity contribution is 0.294. The Kier molecular flexibility index (Phi) is 12.3. The zero-order valence-electron chi connectivity index (χ0n) is 12.5. The molecule has 0 fully saturated rings. The Bertz CT molecular complexity index is 148. The second-order valence-electron chi connectivity index (χ2n) is 5.23. The number of hydrogen-bond donors (Lipinski definition) is 1. The summed E-state index contributed by atoms with van der Waals surface area (Å²) in [6, 6.07) is 0. The van der Waals surface area contributed by atoms with Crippen LogP contribution < -0.4 is 5.32 Å². The van der Waals surface area contributed by atoms with Crippen LogP contribution in [0.5, 0.6) is 0 Å². The second kappa shape index (κ2) is 12.3. The van der Waals surface area contributed by atoms with Crippen LogP contribution in [0.3, 0.4) is 0 Å². The van der Waals surface area contributed by atoms with Crippen molar-refractivity contribution in [3.8, 4) is 0 Å². The molecule has 3 nitrogen and oxygen atoms in total. The van der Waals surface area contributed by atoms with Gasteiger partial charge in [-0.15, -0.1) is 0 Å². The fourth-order valence-corrected chi connectivity index (χ4v) is 1.93. The minimum atomic E-state index is 1.11. The lowest BCUT2D eigenvalue weighted by Crippen LogP contribution is -2.24. The summed E-state index contributed by atoms with van der Waals surface area (Å²) >= 11 is 0. The van der Waals surface area contributed by atoms with Crippen LogP contribution in [-0.4, -0.2) is 63.7 Å². The molecule has 0 aromatic carbocycles. The molecule has 0 bridgehead atoms. The van der Waals surface area contributed by atoms with E-state index in [1.54, 1.807) is 0 Å². The van der Waals surface area contributed by atoms with Gasteiger partial charge in [0.1, 0.15) is 0 Å². The van der Waals surface area contributed by atoms with E-state index in [1.165, 1.54) is 58.3 Å². The summed E-state index contributed by atoms with van der Waals surface area (Å²) in [5.74, 6) is 0. The average molecular weight is 243 g/mol. The van der Waals surface area contributed by atoms with Crippen molar-refractivity contribution in [2.75, 3.05) is 53.9 Å². The van der Waals surface area contributed by atoms with E-state index >= 15 is 0 Å². The van der Waals surface area contributed by atoms with Gasteiger partial charge in [0.05, 0.1) is 0 Å². The van der Waals surface area contributed by atoms with E-state index in [4.69, 9.17) is 0 Å². The van der Waals surface area contributed by atoms with Gasteiger partial charge in [0.15, 0.2) is 0 Å². The highest BCUT2D eigenvalue weighted by Gasteiger charge is 1.98. The quantitative estimate of drug-likeness (QED) is 0.529. The topological polar surface area (TPSA) is 18.5 Å². The SMILES string of the molecule is CCNCCCCCCN(C)CCCN(C)C. The number of nitrogens with zero attached hydrogens (tertiary/aromatic N) is 2. The highest BCUT2D eigenvalue weighted by atomic mass is 15.1. The Hall–Kier alpha value is -0.120. The van der Waals surface area contributed by atoms with Crippen molar-refractivity contribution in [3.05, 3.63) is 0 Å². The first kappa shape index (κ1) is 16.9. The smallest absolute Gasteiger partial charge is 0.000960 e. The van der Waals surface area contributed by atoms with Crippen LogP contribution >= 0.6 is 0 Å². The predicted molar refractivity (Wildman–Crippen MR) is 77.7 cm³/mol. The largest absolute Gasteiger partial charge is 0.317 e. The number of hydrogen-bond acceptors (Lipinski definition) is 3. The van der Waals surface area contributed by atoms with Crippen molar-refractivity contribution in [1.29, 1.82) is 0 Å². The molecule has 0 aromatic rings. The molecule has 0 saturated carbocycles. The van der Waals surface area contributed by atoms with Gasteiger partial charge in [-0.3, -0.25) is 0 Å². The zero-order valence-corrected chi connectivity index (χ0v) is 12.5. The van der Waals surface area contributed by atoms with E-state index in [0.29, 0.717) is 0 Å². The minimum absolute atomic E-state index is 1.11. The maximum Gasteiger partial charge on any atom is -0.000960 e. The first-order valence-electron chi connectivity index (χ1n) is 7.20. The molecule has 0 unspecified atom stereocenters. The Morgan fingerprint density at radius 3 is 2.06 bits per heavy atom. The molecule has 104 valence electrons. The van der Waals surface area contributed by atoms with Crippen molar-refractivity contribution in [2.45, 2.75) is 39.0 Å². The molecule has 3 heteroatoms. The van der Waals surface area contributed by atoms with Gasteiger partial charge in [0.2, 0.25) is 0 Å². The summed E-state index contributed by atoms with van der Waals surface area (Å²) < 4.78 is 0. The number of unbranched alkanes of at least 4 members (excludes halogenated alkanes) is 3. The van der Waals surface area contributed by atoms with Crippen molar-refractivity contribution < 1.29 is 0 Å². The Balaban J connectivity index is 3.13. The van der Waals surface area contributed by atoms with Gasteiger partial charge in [-0.2, -0.15) is 0 Å². The van der Waals surface area contributed by atoms with E-state index in [1.807, 2.05) is 0 Å². The zero-order chi connectivity index (χ0) is 12.9. The van der Waals surface area contributed by atoms with Crippen LogP contribution in [0.15, 0.2) is 0 Å². The predicted octanol–water partition coefficient (Wildman–Crippen LogP) is 2.04. The van der Waals surface area contributed by atoms with E-state index < -0.39 is 0 Å². The molecular weight excluding hydrogens is 210 g/mol. The lowest BCUT2D eigenvalue weighted by Gasteiger charge is -2.17. The summed E-state index contributed by atoms with van der Waals surface area (Å²) in [6.45, 7) is 8.16. The average Bonchev–Trinajstić information content (AvgIpc) is 2.27. The molecule has 0 aliphatic rings. The molecule has 0 spiro atoms. The molecule has 1 N–H and O–H groups in total. The van der Waals surface area contributed by atoms with E-state index in [9.17, 15) is 0 Å². The molecule has 0 radical (unpaired) electrons. The third kappa shape index (κ3) is 13.8. The van der Waals surface area contributed by atoms with Gasteiger partial charge in [-0.05, 0) is 73.1 Å². The number of rotatable bonds is 12. The van der Waals surface area contributed by atoms with Gasteiger partial charge in [0, 0.05) is 0 Å². The molecular formula is C14H33N3.